The molecule has 1 aromatic heterocycles. The number of sulfonamides is 1. The molecule has 2 heterocycles. The zero-order valence-electron chi connectivity index (χ0n) is 19.9. The van der Waals surface area contributed by atoms with E-state index in [-0.39, 0.29) is 10.5 Å². The van der Waals surface area contributed by atoms with Crippen molar-refractivity contribution in [2.24, 2.45) is 5.10 Å². The van der Waals surface area contributed by atoms with Crippen molar-refractivity contribution in [3.63, 3.8) is 0 Å². The minimum Gasteiger partial charge on any atom is -0.325 e. The fourth-order valence-electron chi connectivity index (χ4n) is 3.79. The molecule has 192 valence electrons. The maximum Gasteiger partial charge on any atom is 0.269 e. The number of carbonyl (C=O) groups is 2. The maximum absolute atomic E-state index is 12.6. The van der Waals surface area contributed by atoms with E-state index in [1.54, 1.807) is 30.3 Å². The second-order valence-corrected chi connectivity index (χ2v) is 11.4. The van der Waals surface area contributed by atoms with Crippen LogP contribution in [0, 0.1) is 0 Å². The Bertz CT molecular complexity index is 1670. The number of anilines is 2. The van der Waals surface area contributed by atoms with E-state index in [0.717, 1.165) is 16.8 Å². The van der Waals surface area contributed by atoms with E-state index < -0.39 is 28.4 Å². The van der Waals surface area contributed by atoms with Gasteiger partial charge in [0.05, 0.1) is 17.0 Å². The topological polar surface area (TPSA) is 121 Å². The van der Waals surface area contributed by atoms with Crippen molar-refractivity contribution in [1.29, 1.82) is 0 Å². The molecule has 0 aliphatic carbocycles. The van der Waals surface area contributed by atoms with Crippen LogP contribution in [0.2, 0.25) is 5.02 Å². The van der Waals surface area contributed by atoms with Crippen LogP contribution in [0.1, 0.15) is 22.8 Å². The summed E-state index contributed by atoms with van der Waals surface area (Å²) in [5, 5.41) is 10.2. The summed E-state index contributed by atoms with van der Waals surface area (Å²) in [5.74, 6) is -1.35. The summed E-state index contributed by atoms with van der Waals surface area (Å²) in [7, 11) is -4.06. The smallest absolute Gasteiger partial charge is 0.269 e. The first-order valence-corrected chi connectivity index (χ1v) is 14.0. The Morgan fingerprint density at radius 2 is 1.76 bits per heavy atom. The Morgan fingerprint density at radius 3 is 2.47 bits per heavy atom. The molecule has 0 spiro atoms. The molecule has 3 aromatic carbocycles. The van der Waals surface area contributed by atoms with Crippen molar-refractivity contribution in [1.82, 2.24) is 9.29 Å². The van der Waals surface area contributed by atoms with Crippen LogP contribution in [0.4, 0.5) is 10.8 Å². The largest absolute Gasteiger partial charge is 0.325 e. The Morgan fingerprint density at radius 1 is 1.05 bits per heavy atom. The minimum absolute atomic E-state index is 0.0620. The minimum atomic E-state index is -4.06. The van der Waals surface area contributed by atoms with Crippen LogP contribution in [0.15, 0.2) is 88.2 Å². The summed E-state index contributed by atoms with van der Waals surface area (Å²) in [6.45, 7) is 1.21. The summed E-state index contributed by atoms with van der Waals surface area (Å²) in [6.07, 6.45) is 0. The molecule has 12 heteroatoms. The average Bonchev–Trinajstić information content (AvgIpc) is 3.46. The van der Waals surface area contributed by atoms with Crippen LogP contribution in [-0.2, 0) is 14.8 Å². The molecule has 5 rings (SSSR count). The number of hydrogen-bond donors (Lipinski definition) is 2. The van der Waals surface area contributed by atoms with Crippen LogP contribution in [-0.4, -0.2) is 41.8 Å². The molecule has 0 atom stereocenters. The highest BCUT2D eigenvalue weighted by atomic mass is 35.5. The Kier molecular flexibility index (Phi) is 6.98. The number of thiazole rings is 1. The first kappa shape index (κ1) is 25.6. The third-order valence-electron chi connectivity index (χ3n) is 5.75. The van der Waals surface area contributed by atoms with Crippen LogP contribution < -0.4 is 10.7 Å². The fraction of sp³-hybridized carbons (Fsp3) is 0.0769. The number of halogens is 1. The second kappa shape index (κ2) is 10.4. The van der Waals surface area contributed by atoms with Gasteiger partial charge < -0.3 is 5.32 Å². The summed E-state index contributed by atoms with van der Waals surface area (Å²) in [6, 6.07) is 20.2. The highest BCUT2D eigenvalue weighted by Crippen LogP contribution is 2.30. The molecule has 4 aromatic rings. The van der Waals surface area contributed by atoms with Gasteiger partial charge in [-0.1, -0.05) is 48.0 Å². The van der Waals surface area contributed by atoms with Gasteiger partial charge in [0.2, 0.25) is 11.0 Å². The maximum atomic E-state index is 12.6. The summed E-state index contributed by atoms with van der Waals surface area (Å²) in [5.41, 5.74) is 6.73. The van der Waals surface area contributed by atoms with Crippen LogP contribution >= 0.6 is 22.9 Å². The van der Waals surface area contributed by atoms with E-state index in [1.807, 2.05) is 36.6 Å². The zero-order chi connectivity index (χ0) is 26.9. The zero-order valence-corrected chi connectivity index (χ0v) is 22.3. The van der Waals surface area contributed by atoms with Crippen LogP contribution in [0.5, 0.6) is 0 Å². The Balaban J connectivity index is 1.19. The number of hydrogen-bond acceptors (Lipinski definition) is 8. The van der Waals surface area contributed by atoms with Gasteiger partial charge in [-0.2, -0.15) is 5.10 Å². The molecule has 0 saturated carbocycles. The first-order valence-electron chi connectivity index (χ1n) is 11.3. The van der Waals surface area contributed by atoms with E-state index in [1.165, 1.54) is 29.5 Å². The van der Waals surface area contributed by atoms with Gasteiger partial charge in [0, 0.05) is 21.7 Å². The van der Waals surface area contributed by atoms with Crippen LogP contribution in [0.25, 0.3) is 11.3 Å². The number of carbonyl (C=O) groups excluding carboxylic acids is 2. The van der Waals surface area contributed by atoms with Gasteiger partial charge in [-0.25, -0.2) is 17.7 Å². The molecule has 2 amide bonds. The van der Waals surface area contributed by atoms with Crippen molar-refractivity contribution in [2.75, 3.05) is 17.3 Å². The van der Waals surface area contributed by atoms with Gasteiger partial charge in [-0.05, 0) is 48.9 Å². The van der Waals surface area contributed by atoms with Gasteiger partial charge >= 0.3 is 0 Å². The molecule has 0 saturated heterocycles. The SMILES string of the molecule is C/C(=N/Nc1nc(-c2ccc(Cl)cc2)cs1)c1ccc(NC(=O)CN2C(=O)c3ccccc3S2(=O)=O)cc1. The quantitative estimate of drug-likeness (QED) is 0.238. The lowest BCUT2D eigenvalue weighted by atomic mass is 10.1. The van der Waals surface area contributed by atoms with Gasteiger partial charge in [0.1, 0.15) is 11.4 Å². The molecular formula is C26H20ClN5O4S2. The molecule has 0 fully saturated rings. The second-order valence-electron chi connectivity index (χ2n) is 8.29. The normalized spacial score (nSPS) is 14.3. The average molecular weight is 566 g/mol. The standard InChI is InChI=1S/C26H20ClN5O4S2/c1-16(30-31-26-29-22(15-37-26)18-6-10-19(27)11-7-18)17-8-12-20(13-9-17)28-24(33)14-32-25(34)21-4-2-3-5-23(21)38(32,35)36/h2-13,15H,14H2,1H3,(H,28,33)(H,29,31)/b30-16-. The summed E-state index contributed by atoms with van der Waals surface area (Å²) < 4.78 is 25.9. The summed E-state index contributed by atoms with van der Waals surface area (Å²) in [4.78, 5) is 29.5. The van der Waals surface area contributed by atoms with E-state index in [9.17, 15) is 18.0 Å². The van der Waals surface area contributed by atoms with Crippen molar-refractivity contribution >= 4 is 61.3 Å². The fourth-order valence-corrected chi connectivity index (χ4v) is 6.10. The summed E-state index contributed by atoms with van der Waals surface area (Å²) >= 11 is 7.37. The Labute approximate surface area is 227 Å². The lowest BCUT2D eigenvalue weighted by molar-refractivity contribution is -0.116. The molecule has 9 nitrogen and oxygen atoms in total. The highest BCUT2D eigenvalue weighted by molar-refractivity contribution is 7.90. The molecule has 0 radical (unpaired) electrons. The molecule has 0 bridgehead atoms. The predicted octanol–water partition coefficient (Wildman–Crippen LogP) is 5.08. The third-order valence-corrected chi connectivity index (χ3v) is 8.54. The first-order chi connectivity index (χ1) is 18.2. The number of aromatic nitrogens is 1. The van der Waals surface area contributed by atoms with Crippen LogP contribution in [0.3, 0.4) is 0 Å². The monoisotopic (exact) mass is 565 g/mol. The van der Waals surface area contributed by atoms with Gasteiger partial charge in [0.15, 0.2) is 0 Å². The van der Waals surface area contributed by atoms with E-state index >= 15 is 0 Å². The molecule has 1 aliphatic rings. The molecule has 38 heavy (non-hydrogen) atoms. The molecule has 2 N–H and O–H groups in total. The Hall–Kier alpha value is -4.06. The highest BCUT2D eigenvalue weighted by Gasteiger charge is 2.41. The number of hydrazone groups is 1. The van der Waals surface area contributed by atoms with E-state index in [0.29, 0.717) is 25.9 Å². The van der Waals surface area contributed by atoms with Crippen molar-refractivity contribution < 1.29 is 18.0 Å². The number of benzene rings is 3. The lowest BCUT2D eigenvalue weighted by Gasteiger charge is -2.15. The third kappa shape index (κ3) is 5.17. The lowest BCUT2D eigenvalue weighted by Crippen LogP contribution is -2.37. The molecule has 0 unspecified atom stereocenters. The molecular weight excluding hydrogens is 546 g/mol. The number of fused-ring (bicyclic) bond motifs is 1. The van der Waals surface area contributed by atoms with Crippen molar-refractivity contribution in [3.05, 3.63) is 94.3 Å². The van der Waals surface area contributed by atoms with Crippen molar-refractivity contribution in [3.8, 4) is 11.3 Å². The number of nitrogens with zero attached hydrogens (tertiary/aromatic N) is 3. The van der Waals surface area contributed by atoms with Gasteiger partial charge in [0.25, 0.3) is 15.9 Å². The number of amides is 2. The van der Waals surface area contributed by atoms with Crippen molar-refractivity contribution in [2.45, 2.75) is 11.8 Å². The van der Waals surface area contributed by atoms with E-state index in [4.69, 9.17) is 11.6 Å². The predicted molar refractivity (Wildman–Crippen MR) is 148 cm³/mol. The van der Waals surface area contributed by atoms with E-state index in [2.05, 4.69) is 20.8 Å². The number of rotatable bonds is 7. The van der Waals surface area contributed by atoms with Gasteiger partial charge in [-0.15, -0.1) is 11.3 Å². The number of nitrogens with one attached hydrogen (secondary N) is 2. The molecule has 1 aliphatic heterocycles. The van der Waals surface area contributed by atoms with Gasteiger partial charge in [-0.3, -0.25) is 15.0 Å².